The minimum atomic E-state index is -0.376. The SMILES string of the molecule is CCOc1ccccc1NC(=O)N1Cc2c(sc3c2CCCC3)-n2cccc2[C@H]1c1ccc(F)cc1. The number of hydrogen-bond acceptors (Lipinski definition) is 3. The summed E-state index contributed by atoms with van der Waals surface area (Å²) in [7, 11) is 0. The van der Waals surface area contributed by atoms with Gasteiger partial charge in [-0.05, 0) is 80.1 Å². The number of hydrogen-bond donors (Lipinski definition) is 1. The Kier molecular flexibility index (Phi) is 6.01. The number of anilines is 1. The predicted molar refractivity (Wildman–Crippen MR) is 141 cm³/mol. The van der Waals surface area contributed by atoms with E-state index in [-0.39, 0.29) is 17.9 Å². The Labute approximate surface area is 214 Å². The number of benzene rings is 2. The number of halogens is 1. The van der Waals surface area contributed by atoms with Crippen molar-refractivity contribution < 1.29 is 13.9 Å². The van der Waals surface area contributed by atoms with Crippen LogP contribution in [0.5, 0.6) is 5.75 Å². The minimum Gasteiger partial charge on any atom is -0.492 e. The first-order valence-corrected chi connectivity index (χ1v) is 13.3. The summed E-state index contributed by atoms with van der Waals surface area (Å²) in [6.07, 6.45) is 6.60. The highest BCUT2D eigenvalue weighted by molar-refractivity contribution is 7.15. The van der Waals surface area contributed by atoms with Gasteiger partial charge in [-0.2, -0.15) is 0 Å². The van der Waals surface area contributed by atoms with Gasteiger partial charge >= 0.3 is 6.03 Å². The van der Waals surface area contributed by atoms with Gasteiger partial charge in [0.05, 0.1) is 30.6 Å². The molecule has 6 rings (SSSR count). The minimum absolute atomic E-state index is 0.215. The molecule has 0 saturated carbocycles. The quantitative estimate of drug-likeness (QED) is 0.324. The van der Waals surface area contributed by atoms with Gasteiger partial charge in [-0.1, -0.05) is 24.3 Å². The molecule has 1 atom stereocenters. The summed E-state index contributed by atoms with van der Waals surface area (Å²) < 4.78 is 21.9. The fraction of sp³-hybridized carbons (Fsp3) is 0.276. The number of aryl methyl sites for hydroxylation is 1. The predicted octanol–water partition coefficient (Wildman–Crippen LogP) is 7.09. The highest BCUT2D eigenvalue weighted by Gasteiger charge is 2.36. The van der Waals surface area contributed by atoms with E-state index in [9.17, 15) is 9.18 Å². The molecule has 2 amide bonds. The molecule has 7 heteroatoms. The zero-order valence-corrected chi connectivity index (χ0v) is 21.0. The van der Waals surface area contributed by atoms with Gasteiger partial charge in [-0.3, -0.25) is 0 Å². The van der Waals surface area contributed by atoms with Crippen LogP contribution in [0.2, 0.25) is 0 Å². The number of ether oxygens (including phenoxy) is 1. The van der Waals surface area contributed by atoms with E-state index in [0.29, 0.717) is 24.6 Å². The van der Waals surface area contributed by atoms with Crippen LogP contribution in [0.4, 0.5) is 14.9 Å². The second-order valence-corrected chi connectivity index (χ2v) is 10.3. The van der Waals surface area contributed by atoms with Gasteiger partial charge in [-0.15, -0.1) is 11.3 Å². The third-order valence-electron chi connectivity index (χ3n) is 7.05. The van der Waals surface area contributed by atoms with Gasteiger partial charge in [0, 0.05) is 16.6 Å². The van der Waals surface area contributed by atoms with Crippen molar-refractivity contribution in [2.75, 3.05) is 11.9 Å². The van der Waals surface area contributed by atoms with Gasteiger partial charge in [0.15, 0.2) is 0 Å². The molecule has 2 aromatic carbocycles. The molecule has 184 valence electrons. The number of para-hydroxylation sites is 2. The van der Waals surface area contributed by atoms with E-state index in [0.717, 1.165) is 24.1 Å². The number of nitrogens with zero attached hydrogens (tertiary/aromatic N) is 2. The largest absolute Gasteiger partial charge is 0.492 e. The van der Waals surface area contributed by atoms with E-state index in [4.69, 9.17) is 4.74 Å². The van der Waals surface area contributed by atoms with E-state index >= 15 is 0 Å². The molecule has 1 aliphatic heterocycles. The molecule has 0 fully saturated rings. The van der Waals surface area contributed by atoms with Crippen LogP contribution in [0.15, 0.2) is 66.9 Å². The van der Waals surface area contributed by atoms with E-state index < -0.39 is 0 Å². The summed E-state index contributed by atoms with van der Waals surface area (Å²) in [4.78, 5) is 17.4. The fourth-order valence-corrected chi connectivity index (χ4v) is 6.82. The molecule has 0 saturated heterocycles. The van der Waals surface area contributed by atoms with Gasteiger partial charge in [-0.25, -0.2) is 9.18 Å². The lowest BCUT2D eigenvalue weighted by molar-refractivity contribution is 0.194. The molecule has 36 heavy (non-hydrogen) atoms. The monoisotopic (exact) mass is 501 g/mol. The second-order valence-electron chi connectivity index (χ2n) is 9.24. The maximum absolute atomic E-state index is 14.0. The highest BCUT2D eigenvalue weighted by Crippen LogP contribution is 2.44. The molecular weight excluding hydrogens is 473 g/mol. The van der Waals surface area contributed by atoms with Crippen molar-refractivity contribution in [3.8, 4) is 10.8 Å². The first kappa shape index (κ1) is 22.9. The van der Waals surface area contributed by atoms with Crippen LogP contribution >= 0.6 is 11.3 Å². The number of rotatable bonds is 4. The zero-order chi connectivity index (χ0) is 24.6. The van der Waals surface area contributed by atoms with Crippen molar-refractivity contribution in [1.29, 1.82) is 0 Å². The van der Waals surface area contributed by atoms with E-state index in [1.807, 2.05) is 53.5 Å². The van der Waals surface area contributed by atoms with Crippen molar-refractivity contribution >= 4 is 23.1 Å². The summed E-state index contributed by atoms with van der Waals surface area (Å²) in [6.45, 7) is 2.91. The second kappa shape index (κ2) is 9.47. The van der Waals surface area contributed by atoms with Crippen LogP contribution < -0.4 is 10.1 Å². The van der Waals surface area contributed by atoms with E-state index in [1.54, 1.807) is 12.1 Å². The lowest BCUT2D eigenvalue weighted by Crippen LogP contribution is -2.38. The first-order valence-electron chi connectivity index (χ1n) is 12.5. The average Bonchev–Trinajstić information content (AvgIpc) is 3.48. The Hall–Kier alpha value is -3.58. The summed E-state index contributed by atoms with van der Waals surface area (Å²) in [5.74, 6) is 0.344. The number of nitrogens with one attached hydrogen (secondary N) is 1. The van der Waals surface area contributed by atoms with Gasteiger partial charge in [0.25, 0.3) is 0 Å². The maximum Gasteiger partial charge on any atom is 0.323 e. The van der Waals surface area contributed by atoms with Crippen LogP contribution in [0.3, 0.4) is 0 Å². The third-order valence-corrected chi connectivity index (χ3v) is 8.39. The topological polar surface area (TPSA) is 46.5 Å². The van der Waals surface area contributed by atoms with Gasteiger partial charge < -0.3 is 19.5 Å². The Balaban J connectivity index is 1.48. The van der Waals surface area contributed by atoms with Crippen LogP contribution in [-0.4, -0.2) is 22.1 Å². The summed E-state index contributed by atoms with van der Waals surface area (Å²) in [5, 5.41) is 4.31. The molecule has 0 radical (unpaired) electrons. The molecule has 0 unspecified atom stereocenters. The van der Waals surface area contributed by atoms with Crippen LogP contribution in [-0.2, 0) is 19.4 Å². The Morgan fingerprint density at radius 3 is 2.69 bits per heavy atom. The smallest absolute Gasteiger partial charge is 0.323 e. The van der Waals surface area contributed by atoms with Gasteiger partial charge in [0.2, 0.25) is 0 Å². The third kappa shape index (κ3) is 3.97. The molecule has 2 aromatic heterocycles. The zero-order valence-electron chi connectivity index (χ0n) is 20.2. The standard InChI is InChI=1S/C29H28FN3O2S/c1-2-35-25-11-5-4-9-23(25)31-29(34)33-18-22-21-8-3-6-12-26(21)36-28(22)32-17-7-10-24(32)27(33)19-13-15-20(30)16-14-19/h4-5,7,9-11,13-17,27H,2-3,6,8,12,18H2,1H3,(H,31,34)/t27-/m1/s1. The molecule has 0 spiro atoms. The fourth-order valence-electron chi connectivity index (χ4n) is 5.42. The lowest BCUT2D eigenvalue weighted by Gasteiger charge is -2.31. The summed E-state index contributed by atoms with van der Waals surface area (Å²) in [6, 6.07) is 17.5. The van der Waals surface area contributed by atoms with Crippen molar-refractivity contribution in [3.63, 3.8) is 0 Å². The first-order chi connectivity index (χ1) is 17.6. The van der Waals surface area contributed by atoms with Crippen LogP contribution in [0.25, 0.3) is 5.00 Å². The van der Waals surface area contributed by atoms with Crippen LogP contribution in [0.1, 0.15) is 53.1 Å². The Morgan fingerprint density at radius 1 is 1.06 bits per heavy atom. The Morgan fingerprint density at radius 2 is 1.86 bits per heavy atom. The number of urea groups is 1. The van der Waals surface area contributed by atoms with Crippen molar-refractivity contribution in [2.45, 2.75) is 45.2 Å². The molecule has 3 heterocycles. The number of thiophene rings is 1. The van der Waals surface area contributed by atoms with Crippen molar-refractivity contribution in [2.24, 2.45) is 0 Å². The van der Waals surface area contributed by atoms with Crippen molar-refractivity contribution in [1.82, 2.24) is 9.47 Å². The molecule has 0 bridgehead atoms. The molecule has 2 aliphatic rings. The number of amides is 2. The number of carbonyl (C=O) groups is 1. The number of fused-ring (bicyclic) bond motifs is 5. The Bertz CT molecular complexity index is 1410. The van der Waals surface area contributed by atoms with E-state index in [2.05, 4.69) is 22.1 Å². The van der Waals surface area contributed by atoms with Gasteiger partial charge in [0.1, 0.15) is 16.6 Å². The summed E-state index contributed by atoms with van der Waals surface area (Å²) >= 11 is 1.85. The van der Waals surface area contributed by atoms with Crippen molar-refractivity contribution in [3.05, 3.63) is 99.9 Å². The lowest BCUT2D eigenvalue weighted by atomic mass is 9.95. The molecular formula is C29H28FN3O2S. The molecule has 4 aromatic rings. The molecule has 1 aliphatic carbocycles. The average molecular weight is 502 g/mol. The number of carbonyl (C=O) groups excluding carboxylic acids is 1. The highest BCUT2D eigenvalue weighted by atomic mass is 32.1. The normalized spacial score (nSPS) is 16.5. The molecule has 5 nitrogen and oxygen atoms in total. The van der Waals surface area contributed by atoms with E-state index in [1.165, 1.54) is 46.0 Å². The number of aromatic nitrogens is 1. The maximum atomic E-state index is 14.0. The summed E-state index contributed by atoms with van der Waals surface area (Å²) in [5.41, 5.74) is 5.12. The van der Waals surface area contributed by atoms with Crippen LogP contribution in [0, 0.1) is 5.82 Å². The molecule has 1 N–H and O–H groups in total.